The number of rotatable bonds is 3. The normalized spacial score (nSPS) is 13.8. The van der Waals surface area contributed by atoms with Gasteiger partial charge >= 0.3 is 0 Å². The lowest BCUT2D eigenvalue weighted by atomic mass is 9.82. The van der Waals surface area contributed by atoms with E-state index in [0.717, 1.165) is 6.42 Å². The highest BCUT2D eigenvalue weighted by Gasteiger charge is 2.36. The van der Waals surface area contributed by atoms with Gasteiger partial charge in [-0.1, -0.05) is 98.8 Å². The van der Waals surface area contributed by atoms with E-state index in [9.17, 15) is 0 Å². The van der Waals surface area contributed by atoms with E-state index in [2.05, 4.69) is 134 Å². The highest BCUT2D eigenvalue weighted by Crippen LogP contribution is 2.50. The lowest BCUT2D eigenvalue weighted by molar-refractivity contribution is 0.661. The summed E-state index contributed by atoms with van der Waals surface area (Å²) in [6.45, 7) is 4.72. The van der Waals surface area contributed by atoms with Crippen molar-refractivity contribution in [3.05, 3.63) is 138 Å². The topological polar surface area (TPSA) is 4.93 Å². The third kappa shape index (κ3) is 3.01. The van der Waals surface area contributed by atoms with Crippen LogP contribution in [0.5, 0.6) is 0 Å². The number of para-hydroxylation sites is 1. The molecular weight excluding hydrogens is 422 g/mol. The maximum Gasteiger partial charge on any atom is 0.0544 e. The standard InChI is InChI=1S/C34H27N/c1-34(2)30-17-8-6-15-26(30)28-21-29-27-16-7-9-18-32(27)35(33(29)22-31(28)34)25-14-10-13-24(20-25)19-23-11-4-3-5-12-23/h3-18,20-22H,19H2,1-2H3. The van der Waals surface area contributed by atoms with Gasteiger partial charge in [-0.25, -0.2) is 0 Å². The summed E-state index contributed by atoms with van der Waals surface area (Å²) in [4.78, 5) is 0. The lowest BCUT2D eigenvalue weighted by Gasteiger charge is -2.21. The van der Waals surface area contributed by atoms with Crippen LogP contribution in [0.4, 0.5) is 0 Å². The third-order valence-electron chi connectivity index (χ3n) is 7.80. The molecule has 0 aliphatic heterocycles. The molecule has 1 heterocycles. The Labute approximate surface area is 206 Å². The molecule has 7 rings (SSSR count). The number of nitrogens with zero attached hydrogens (tertiary/aromatic N) is 1. The Kier molecular flexibility index (Phi) is 4.32. The zero-order chi connectivity index (χ0) is 23.6. The quantitative estimate of drug-likeness (QED) is 0.255. The molecule has 1 aliphatic carbocycles. The summed E-state index contributed by atoms with van der Waals surface area (Å²) in [5.74, 6) is 0. The number of fused-ring (bicyclic) bond motifs is 6. The molecule has 0 radical (unpaired) electrons. The van der Waals surface area contributed by atoms with Gasteiger partial charge in [0.15, 0.2) is 0 Å². The molecule has 0 saturated heterocycles. The van der Waals surface area contributed by atoms with Crippen molar-refractivity contribution in [1.29, 1.82) is 0 Å². The van der Waals surface area contributed by atoms with Gasteiger partial charge < -0.3 is 4.57 Å². The number of hydrogen-bond acceptors (Lipinski definition) is 0. The molecule has 0 bridgehead atoms. The van der Waals surface area contributed by atoms with Gasteiger partial charge in [0.1, 0.15) is 0 Å². The first kappa shape index (κ1) is 20.3. The fourth-order valence-corrected chi connectivity index (χ4v) is 6.08. The van der Waals surface area contributed by atoms with Crippen molar-refractivity contribution in [1.82, 2.24) is 4.57 Å². The van der Waals surface area contributed by atoms with Crippen LogP contribution in [0.1, 0.15) is 36.1 Å². The van der Waals surface area contributed by atoms with Crippen LogP contribution in [-0.2, 0) is 11.8 Å². The van der Waals surface area contributed by atoms with E-state index in [-0.39, 0.29) is 5.41 Å². The van der Waals surface area contributed by atoms with Crippen LogP contribution in [0.3, 0.4) is 0 Å². The summed E-state index contributed by atoms with van der Waals surface area (Å²) in [6.07, 6.45) is 0.934. The van der Waals surface area contributed by atoms with Gasteiger partial charge in [-0.2, -0.15) is 0 Å². The predicted molar refractivity (Wildman–Crippen MR) is 148 cm³/mol. The van der Waals surface area contributed by atoms with E-state index in [1.807, 2.05) is 0 Å². The minimum absolute atomic E-state index is 0.0173. The van der Waals surface area contributed by atoms with Crippen LogP contribution in [-0.4, -0.2) is 4.57 Å². The van der Waals surface area contributed by atoms with Crippen molar-refractivity contribution in [2.75, 3.05) is 0 Å². The number of benzene rings is 5. The summed E-state index contributed by atoms with van der Waals surface area (Å²) in [5.41, 5.74) is 12.0. The molecule has 5 aromatic carbocycles. The Morgan fingerprint density at radius 3 is 2.17 bits per heavy atom. The first-order valence-electron chi connectivity index (χ1n) is 12.4. The molecule has 1 nitrogen and oxygen atoms in total. The summed E-state index contributed by atoms with van der Waals surface area (Å²) < 4.78 is 2.46. The van der Waals surface area contributed by atoms with Gasteiger partial charge in [-0.05, 0) is 70.1 Å². The van der Waals surface area contributed by atoms with E-state index in [1.54, 1.807) is 0 Å². The highest BCUT2D eigenvalue weighted by atomic mass is 15.0. The predicted octanol–water partition coefficient (Wildman–Crippen LogP) is 8.68. The second-order valence-electron chi connectivity index (χ2n) is 10.3. The molecule has 1 aliphatic rings. The van der Waals surface area contributed by atoms with E-state index in [1.165, 1.54) is 60.9 Å². The minimum Gasteiger partial charge on any atom is -0.309 e. The van der Waals surface area contributed by atoms with E-state index < -0.39 is 0 Å². The van der Waals surface area contributed by atoms with Crippen LogP contribution in [0, 0.1) is 0 Å². The van der Waals surface area contributed by atoms with Gasteiger partial charge in [-0.3, -0.25) is 0 Å². The Bertz CT molecular complexity index is 1730. The molecule has 0 amide bonds. The van der Waals surface area contributed by atoms with Crippen LogP contribution >= 0.6 is 0 Å². The Hall–Kier alpha value is -4.10. The van der Waals surface area contributed by atoms with Crippen molar-refractivity contribution < 1.29 is 0 Å². The van der Waals surface area contributed by atoms with Crippen molar-refractivity contribution in [3.63, 3.8) is 0 Å². The molecule has 0 atom stereocenters. The molecule has 0 N–H and O–H groups in total. The number of hydrogen-bond donors (Lipinski definition) is 0. The highest BCUT2D eigenvalue weighted by molar-refractivity contribution is 6.11. The molecule has 35 heavy (non-hydrogen) atoms. The average Bonchev–Trinajstić information content (AvgIpc) is 3.33. The van der Waals surface area contributed by atoms with Crippen LogP contribution in [0.15, 0.2) is 115 Å². The summed E-state index contributed by atoms with van der Waals surface area (Å²) >= 11 is 0. The van der Waals surface area contributed by atoms with Crippen LogP contribution in [0.25, 0.3) is 38.6 Å². The summed E-state index contributed by atoms with van der Waals surface area (Å²) in [7, 11) is 0. The van der Waals surface area contributed by atoms with Crippen molar-refractivity contribution >= 4 is 21.8 Å². The fourth-order valence-electron chi connectivity index (χ4n) is 6.08. The summed E-state index contributed by atoms with van der Waals surface area (Å²) in [6, 6.07) is 42.4. The van der Waals surface area contributed by atoms with Crippen molar-refractivity contribution in [3.8, 4) is 16.8 Å². The first-order valence-corrected chi connectivity index (χ1v) is 12.4. The molecule has 0 spiro atoms. The van der Waals surface area contributed by atoms with Gasteiger partial charge in [0.2, 0.25) is 0 Å². The zero-order valence-electron chi connectivity index (χ0n) is 20.1. The second kappa shape index (κ2) is 7.45. The zero-order valence-corrected chi connectivity index (χ0v) is 20.1. The van der Waals surface area contributed by atoms with Gasteiger partial charge in [0.25, 0.3) is 0 Å². The van der Waals surface area contributed by atoms with Gasteiger partial charge in [0, 0.05) is 21.9 Å². The maximum absolute atomic E-state index is 2.46. The molecule has 0 fully saturated rings. The number of aromatic nitrogens is 1. The van der Waals surface area contributed by atoms with E-state index in [4.69, 9.17) is 0 Å². The average molecular weight is 450 g/mol. The Morgan fingerprint density at radius 2 is 1.29 bits per heavy atom. The van der Waals surface area contributed by atoms with Crippen LogP contribution in [0.2, 0.25) is 0 Å². The van der Waals surface area contributed by atoms with Crippen LogP contribution < -0.4 is 0 Å². The van der Waals surface area contributed by atoms with E-state index >= 15 is 0 Å². The fraction of sp³-hybridized carbons (Fsp3) is 0.118. The third-order valence-corrected chi connectivity index (χ3v) is 7.80. The first-order chi connectivity index (χ1) is 17.1. The van der Waals surface area contributed by atoms with Crippen molar-refractivity contribution in [2.45, 2.75) is 25.7 Å². The molecule has 0 saturated carbocycles. The molecule has 0 unspecified atom stereocenters. The monoisotopic (exact) mass is 449 g/mol. The minimum atomic E-state index is -0.0173. The Balaban J connectivity index is 1.48. The maximum atomic E-state index is 2.46. The lowest BCUT2D eigenvalue weighted by Crippen LogP contribution is -2.14. The smallest absolute Gasteiger partial charge is 0.0544 e. The van der Waals surface area contributed by atoms with E-state index in [0.29, 0.717) is 0 Å². The second-order valence-corrected chi connectivity index (χ2v) is 10.3. The van der Waals surface area contributed by atoms with Gasteiger partial charge in [-0.15, -0.1) is 0 Å². The SMILES string of the molecule is CC1(C)c2ccccc2-c2cc3c4ccccc4n(-c4cccc(Cc5ccccc5)c4)c3cc21. The van der Waals surface area contributed by atoms with Crippen molar-refractivity contribution in [2.24, 2.45) is 0 Å². The molecule has 6 aromatic rings. The molecule has 1 heteroatoms. The molecule has 168 valence electrons. The summed E-state index contributed by atoms with van der Waals surface area (Å²) in [5, 5.41) is 2.63. The Morgan fingerprint density at radius 1 is 0.543 bits per heavy atom. The molecule has 1 aromatic heterocycles. The largest absolute Gasteiger partial charge is 0.309 e. The molecular formula is C34H27N. The van der Waals surface area contributed by atoms with Gasteiger partial charge in [0.05, 0.1) is 11.0 Å².